The number of fused-ring (bicyclic) bond motifs is 1. The molecule has 178 valence electrons. The van der Waals surface area contributed by atoms with E-state index in [9.17, 15) is 18.8 Å². The van der Waals surface area contributed by atoms with E-state index in [1.54, 1.807) is 24.4 Å². The van der Waals surface area contributed by atoms with Gasteiger partial charge in [0, 0.05) is 44.2 Å². The summed E-state index contributed by atoms with van der Waals surface area (Å²) in [5.41, 5.74) is 4.23. The first-order valence-corrected chi connectivity index (χ1v) is 11.1. The van der Waals surface area contributed by atoms with Crippen molar-refractivity contribution in [3.05, 3.63) is 65.4 Å². The molecule has 0 bridgehead atoms. The molecule has 1 aliphatic heterocycles. The van der Waals surface area contributed by atoms with Gasteiger partial charge in [0.05, 0.1) is 24.4 Å². The normalized spacial score (nSPS) is 13.5. The molecule has 0 unspecified atom stereocenters. The molecule has 0 spiro atoms. The van der Waals surface area contributed by atoms with E-state index in [-0.39, 0.29) is 23.3 Å². The number of hydrogen-bond donors (Lipinski definition) is 2. The van der Waals surface area contributed by atoms with Crippen molar-refractivity contribution in [3.63, 3.8) is 0 Å². The third-order valence-corrected chi connectivity index (χ3v) is 5.77. The van der Waals surface area contributed by atoms with Crippen LogP contribution in [-0.4, -0.2) is 58.9 Å². The molecule has 1 aliphatic rings. The van der Waals surface area contributed by atoms with Crippen LogP contribution in [0.5, 0.6) is 0 Å². The lowest BCUT2D eigenvalue weighted by Gasteiger charge is -2.15. The molecule has 3 heterocycles. The number of likely N-dealkylation sites (tertiary alicyclic amines) is 1. The minimum atomic E-state index is -0.530. The quantitative estimate of drug-likeness (QED) is 0.371. The Labute approximate surface area is 195 Å². The van der Waals surface area contributed by atoms with Gasteiger partial charge in [-0.2, -0.15) is 0 Å². The van der Waals surface area contributed by atoms with E-state index in [0.717, 1.165) is 18.5 Å². The van der Waals surface area contributed by atoms with Gasteiger partial charge in [0.25, 0.3) is 11.8 Å². The van der Waals surface area contributed by atoms with E-state index in [2.05, 4.69) is 20.6 Å². The van der Waals surface area contributed by atoms with Crippen LogP contribution >= 0.6 is 0 Å². The molecule has 2 N–H and O–H groups in total. The molecular formula is C24H26FN5O4. The molecule has 34 heavy (non-hydrogen) atoms. The molecule has 1 saturated heterocycles. The second kappa shape index (κ2) is 10.4. The summed E-state index contributed by atoms with van der Waals surface area (Å²) in [7, 11) is 1.32. The maximum atomic E-state index is 13.3. The highest BCUT2D eigenvalue weighted by molar-refractivity contribution is 6.08. The zero-order valence-electron chi connectivity index (χ0n) is 18.8. The van der Waals surface area contributed by atoms with Gasteiger partial charge in [0.2, 0.25) is 5.91 Å². The smallest absolute Gasteiger partial charge is 0.293 e. The maximum Gasteiger partial charge on any atom is 0.293 e. The van der Waals surface area contributed by atoms with Gasteiger partial charge in [-0.25, -0.2) is 14.9 Å². The number of hydroxylamine groups is 1. The second-order valence-corrected chi connectivity index (χ2v) is 8.11. The molecule has 3 amide bonds. The summed E-state index contributed by atoms with van der Waals surface area (Å²) in [5.74, 6) is -0.992. The molecular weight excluding hydrogens is 441 g/mol. The first-order chi connectivity index (χ1) is 16.5. The summed E-state index contributed by atoms with van der Waals surface area (Å²) in [4.78, 5) is 47.7. The third-order valence-electron chi connectivity index (χ3n) is 5.77. The molecule has 1 aromatic carbocycles. The van der Waals surface area contributed by atoms with Crippen molar-refractivity contribution in [3.8, 4) is 0 Å². The summed E-state index contributed by atoms with van der Waals surface area (Å²) >= 11 is 0. The Balaban J connectivity index is 1.55. The number of benzene rings is 1. The number of aromatic nitrogens is 2. The minimum absolute atomic E-state index is 0.107. The summed E-state index contributed by atoms with van der Waals surface area (Å²) in [6, 6.07) is 7.65. The lowest BCUT2D eigenvalue weighted by molar-refractivity contribution is -0.127. The molecule has 0 radical (unpaired) electrons. The predicted octanol–water partition coefficient (Wildman–Crippen LogP) is 2.26. The monoisotopic (exact) mass is 467 g/mol. The van der Waals surface area contributed by atoms with Crippen molar-refractivity contribution in [2.24, 2.45) is 0 Å². The predicted molar refractivity (Wildman–Crippen MR) is 122 cm³/mol. The first-order valence-electron chi connectivity index (χ1n) is 11.1. The van der Waals surface area contributed by atoms with Crippen LogP contribution in [0.2, 0.25) is 0 Å². The van der Waals surface area contributed by atoms with Gasteiger partial charge in [0.1, 0.15) is 11.5 Å². The van der Waals surface area contributed by atoms with Crippen LogP contribution in [0.15, 0.2) is 42.7 Å². The number of halogens is 1. The number of carbonyl (C=O) groups excluding carboxylic acids is 3. The third kappa shape index (κ3) is 5.23. The van der Waals surface area contributed by atoms with E-state index < -0.39 is 5.91 Å². The Kier molecular flexibility index (Phi) is 7.17. The molecule has 0 aliphatic carbocycles. The van der Waals surface area contributed by atoms with Crippen molar-refractivity contribution in [2.45, 2.75) is 25.8 Å². The van der Waals surface area contributed by atoms with Crippen molar-refractivity contribution >= 4 is 28.6 Å². The van der Waals surface area contributed by atoms with E-state index in [1.807, 2.05) is 9.47 Å². The highest BCUT2D eigenvalue weighted by Crippen LogP contribution is 2.23. The molecule has 2 aromatic heterocycles. The van der Waals surface area contributed by atoms with Crippen molar-refractivity contribution in [1.82, 2.24) is 25.2 Å². The first kappa shape index (κ1) is 23.4. The van der Waals surface area contributed by atoms with Crippen LogP contribution in [0, 0.1) is 5.82 Å². The highest BCUT2D eigenvalue weighted by atomic mass is 19.1. The zero-order valence-corrected chi connectivity index (χ0v) is 18.8. The van der Waals surface area contributed by atoms with Gasteiger partial charge in [-0.3, -0.25) is 19.2 Å². The number of carbonyl (C=O) groups is 3. The van der Waals surface area contributed by atoms with Crippen LogP contribution in [0.3, 0.4) is 0 Å². The van der Waals surface area contributed by atoms with Crippen molar-refractivity contribution in [2.75, 3.05) is 26.7 Å². The van der Waals surface area contributed by atoms with Crippen LogP contribution < -0.4 is 10.8 Å². The number of nitrogens with one attached hydrogen (secondary N) is 2. The largest absolute Gasteiger partial charge is 0.352 e. The van der Waals surface area contributed by atoms with Gasteiger partial charge in [-0.05, 0) is 36.6 Å². The van der Waals surface area contributed by atoms with Gasteiger partial charge in [-0.1, -0.05) is 12.1 Å². The van der Waals surface area contributed by atoms with Crippen LogP contribution in [-0.2, 0) is 16.2 Å². The number of amides is 3. The SMILES string of the molecule is CONC(=O)c1cc2c(C(=O)NCCCN3CCCC3=O)cn(Cc3ccc(F)cc3)c2cn1. The maximum absolute atomic E-state index is 13.3. The lowest BCUT2D eigenvalue weighted by atomic mass is 10.1. The Morgan fingerprint density at radius 3 is 2.71 bits per heavy atom. The molecule has 9 nitrogen and oxygen atoms in total. The number of hydrogen-bond acceptors (Lipinski definition) is 5. The van der Waals surface area contributed by atoms with E-state index >= 15 is 0 Å². The van der Waals surface area contributed by atoms with Crippen molar-refractivity contribution < 1.29 is 23.6 Å². The Hall–Kier alpha value is -3.79. The van der Waals surface area contributed by atoms with Crippen LogP contribution in [0.25, 0.3) is 10.9 Å². The molecule has 10 heteroatoms. The Bertz CT molecular complexity index is 1210. The van der Waals surface area contributed by atoms with Crippen molar-refractivity contribution in [1.29, 1.82) is 0 Å². The van der Waals surface area contributed by atoms with Crippen LogP contribution in [0.4, 0.5) is 4.39 Å². The Morgan fingerprint density at radius 2 is 2.00 bits per heavy atom. The highest BCUT2D eigenvalue weighted by Gasteiger charge is 2.20. The Morgan fingerprint density at radius 1 is 1.21 bits per heavy atom. The molecule has 0 atom stereocenters. The molecule has 4 rings (SSSR count). The fourth-order valence-corrected chi connectivity index (χ4v) is 4.06. The fourth-order valence-electron chi connectivity index (χ4n) is 4.06. The number of pyridine rings is 1. The number of rotatable bonds is 9. The number of nitrogens with zero attached hydrogens (tertiary/aromatic N) is 3. The van der Waals surface area contributed by atoms with Gasteiger partial charge in [-0.15, -0.1) is 0 Å². The summed E-state index contributed by atoms with van der Waals surface area (Å²) in [5, 5.41) is 3.46. The summed E-state index contributed by atoms with van der Waals surface area (Å²) in [6.07, 6.45) is 5.35. The van der Waals surface area contributed by atoms with E-state index in [4.69, 9.17) is 0 Å². The topological polar surface area (TPSA) is 106 Å². The molecule has 0 saturated carbocycles. The minimum Gasteiger partial charge on any atom is -0.352 e. The zero-order chi connectivity index (χ0) is 24.1. The average molecular weight is 468 g/mol. The second-order valence-electron chi connectivity index (χ2n) is 8.11. The van der Waals surface area contributed by atoms with Gasteiger partial charge >= 0.3 is 0 Å². The van der Waals surface area contributed by atoms with E-state index in [1.165, 1.54) is 25.4 Å². The van der Waals surface area contributed by atoms with Crippen LogP contribution in [0.1, 0.15) is 45.7 Å². The van der Waals surface area contributed by atoms with Gasteiger partial charge < -0.3 is 14.8 Å². The molecule has 3 aromatic rings. The standard InChI is InChI=1S/C24H26FN5O4/c1-34-28-24(33)20-12-18-19(23(32)26-9-3-11-29-10-2-4-22(29)31)15-30(21(18)13-27-20)14-16-5-7-17(25)8-6-16/h5-8,12-13,15H,2-4,9-11,14H2,1H3,(H,26,32)(H,28,33). The summed E-state index contributed by atoms with van der Waals surface area (Å²) in [6.45, 7) is 2.18. The van der Waals surface area contributed by atoms with Gasteiger partial charge in [0.15, 0.2) is 0 Å². The average Bonchev–Trinajstić information content (AvgIpc) is 3.41. The molecule has 1 fully saturated rings. The lowest BCUT2D eigenvalue weighted by Crippen LogP contribution is -2.30. The van der Waals surface area contributed by atoms with E-state index in [0.29, 0.717) is 48.9 Å². The fraction of sp³-hybridized carbons (Fsp3) is 0.333. The summed E-state index contributed by atoms with van der Waals surface area (Å²) < 4.78 is 15.1.